The van der Waals surface area contributed by atoms with Crippen LogP contribution in [0.25, 0.3) is 0 Å². The summed E-state index contributed by atoms with van der Waals surface area (Å²) in [4.78, 5) is 13.9. The fourth-order valence-corrected chi connectivity index (χ4v) is 1.08. The van der Waals surface area contributed by atoms with Crippen molar-refractivity contribution in [3.8, 4) is 0 Å². The Bertz CT molecular complexity index is 324. The van der Waals surface area contributed by atoms with E-state index < -0.39 is 17.2 Å². The highest BCUT2D eigenvalue weighted by atomic mass is 16.7. The molecule has 1 N–H and O–H groups in total. The first kappa shape index (κ1) is 12.5. The van der Waals surface area contributed by atoms with E-state index in [1.165, 1.54) is 12.3 Å². The van der Waals surface area contributed by atoms with Crippen LogP contribution in [0.1, 0.15) is 27.7 Å². The minimum atomic E-state index is -0.969. The van der Waals surface area contributed by atoms with Crippen LogP contribution < -0.4 is 0 Å². The number of carbonyl (C=O) groups is 1. The van der Waals surface area contributed by atoms with Gasteiger partial charge in [-0.05, 0) is 27.7 Å². The number of aliphatic imine (C=N–C) groups is 1. The highest BCUT2D eigenvalue weighted by Crippen LogP contribution is 2.39. The molecule has 1 fully saturated rings. The van der Waals surface area contributed by atoms with E-state index in [4.69, 9.17) is 14.6 Å². The average Bonchev–Trinajstić information content (AvgIpc) is 2.29. The number of allylic oxidation sites excluding steroid dienone is 1. The maximum Gasteiger partial charge on any atom is 0.325 e. The van der Waals surface area contributed by atoms with Crippen molar-refractivity contribution in [2.24, 2.45) is 4.99 Å². The smallest absolute Gasteiger partial charge is 0.325 e. The van der Waals surface area contributed by atoms with Crippen molar-refractivity contribution >= 4 is 12.2 Å². The second-order valence-corrected chi connectivity index (χ2v) is 4.59. The first-order valence-corrected chi connectivity index (χ1v) is 5.04. The monoisotopic (exact) mass is 227 g/mol. The Kier molecular flexibility index (Phi) is 3.26. The summed E-state index contributed by atoms with van der Waals surface area (Å²) >= 11 is 0. The van der Waals surface area contributed by atoms with Gasteiger partial charge in [-0.2, -0.15) is 0 Å². The molecule has 1 rings (SSSR count). The number of rotatable bonds is 3. The highest BCUT2D eigenvalue weighted by molar-refractivity contribution is 5.76. The van der Waals surface area contributed by atoms with Crippen LogP contribution in [0, 0.1) is 0 Å². The molecule has 1 heterocycles. The van der Waals surface area contributed by atoms with Crippen LogP contribution in [0.3, 0.4) is 0 Å². The van der Waals surface area contributed by atoms with Gasteiger partial charge in [-0.25, -0.2) is 0 Å². The maximum absolute atomic E-state index is 10.2. The van der Waals surface area contributed by atoms with Crippen molar-refractivity contribution in [2.75, 3.05) is 6.54 Å². The quantitative estimate of drug-likeness (QED) is 0.743. The molecule has 1 saturated heterocycles. The van der Waals surface area contributed by atoms with Crippen molar-refractivity contribution < 1.29 is 19.4 Å². The molecule has 90 valence electrons. The van der Waals surface area contributed by atoms with Crippen LogP contribution in [0.4, 0.5) is 0 Å². The van der Waals surface area contributed by atoms with Crippen molar-refractivity contribution in [1.82, 2.24) is 0 Å². The summed E-state index contributed by atoms with van der Waals surface area (Å²) in [6, 6.07) is 0. The summed E-state index contributed by atoms with van der Waals surface area (Å²) in [5.41, 5.74) is -0.834. The van der Waals surface area contributed by atoms with Crippen LogP contribution >= 0.6 is 0 Å². The third-order valence-corrected chi connectivity index (χ3v) is 2.70. The lowest BCUT2D eigenvalue weighted by atomic mass is 9.90. The van der Waals surface area contributed by atoms with Crippen LogP contribution in [0.15, 0.2) is 17.0 Å². The minimum absolute atomic E-state index is 0.253. The Balaban J connectivity index is 2.62. The molecule has 1 aliphatic rings. The third kappa shape index (κ3) is 2.74. The second kappa shape index (κ2) is 4.15. The summed E-state index contributed by atoms with van der Waals surface area (Å²) < 4.78 is 11.1. The van der Waals surface area contributed by atoms with Crippen molar-refractivity contribution in [3.63, 3.8) is 0 Å². The summed E-state index contributed by atoms with van der Waals surface area (Å²) in [6.07, 6.45) is 2.90. The summed E-state index contributed by atoms with van der Waals surface area (Å²) in [5.74, 6) is -0.604. The molecule has 0 aromatic carbocycles. The van der Waals surface area contributed by atoms with Crippen molar-refractivity contribution in [1.29, 1.82) is 0 Å². The van der Waals surface area contributed by atoms with Crippen LogP contribution in [0.5, 0.6) is 0 Å². The van der Waals surface area contributed by atoms with Crippen LogP contribution in [-0.2, 0) is 14.3 Å². The van der Waals surface area contributed by atoms with Gasteiger partial charge < -0.3 is 14.6 Å². The number of aliphatic carboxylic acids is 1. The molecule has 16 heavy (non-hydrogen) atoms. The van der Waals surface area contributed by atoms with Crippen molar-refractivity contribution in [3.05, 3.63) is 12.0 Å². The molecule has 1 aliphatic heterocycles. The largest absolute Gasteiger partial charge is 0.480 e. The molecule has 0 aromatic rings. The van der Waals surface area contributed by atoms with Gasteiger partial charge in [0, 0.05) is 12.3 Å². The summed E-state index contributed by atoms with van der Waals surface area (Å²) in [7, 11) is 0. The lowest BCUT2D eigenvalue weighted by Crippen LogP contribution is -2.41. The first-order valence-electron chi connectivity index (χ1n) is 5.04. The Labute approximate surface area is 94.8 Å². The standard InChI is InChI=1S/C11H17NO4/c1-10(2)11(3,4)16-9(15-10)5-6-12-7-8(13)14/h5-6H,7H2,1-4H3,(H,13,14). The number of hydrogen-bond acceptors (Lipinski definition) is 4. The topological polar surface area (TPSA) is 68.1 Å². The molecular formula is C11H17NO4. The molecule has 0 spiro atoms. The van der Waals surface area contributed by atoms with Gasteiger partial charge in [-0.1, -0.05) is 0 Å². The Morgan fingerprint density at radius 2 is 1.81 bits per heavy atom. The summed E-state index contributed by atoms with van der Waals surface area (Å²) in [5, 5.41) is 8.37. The van der Waals surface area contributed by atoms with Gasteiger partial charge in [0.25, 0.3) is 5.95 Å². The van der Waals surface area contributed by atoms with Crippen LogP contribution in [-0.4, -0.2) is 35.0 Å². The first-order chi connectivity index (χ1) is 7.24. The van der Waals surface area contributed by atoms with Gasteiger partial charge in [-0.15, -0.1) is 0 Å². The molecule has 0 unspecified atom stereocenters. The Morgan fingerprint density at radius 3 is 2.25 bits per heavy atom. The van der Waals surface area contributed by atoms with E-state index in [2.05, 4.69) is 4.99 Å². The zero-order valence-corrected chi connectivity index (χ0v) is 9.98. The molecule has 0 amide bonds. The van der Waals surface area contributed by atoms with E-state index in [0.717, 1.165) is 0 Å². The molecule has 0 radical (unpaired) electrons. The lowest BCUT2D eigenvalue weighted by Gasteiger charge is -2.28. The normalized spacial score (nSPS) is 21.6. The zero-order valence-electron chi connectivity index (χ0n) is 9.98. The third-order valence-electron chi connectivity index (χ3n) is 2.70. The molecule has 0 saturated carbocycles. The fourth-order valence-electron chi connectivity index (χ4n) is 1.08. The zero-order chi connectivity index (χ0) is 12.4. The van der Waals surface area contributed by atoms with E-state index in [9.17, 15) is 4.79 Å². The molecule has 0 atom stereocenters. The van der Waals surface area contributed by atoms with Gasteiger partial charge in [-0.3, -0.25) is 9.79 Å². The van der Waals surface area contributed by atoms with Gasteiger partial charge in [0.05, 0.1) is 0 Å². The van der Waals surface area contributed by atoms with Gasteiger partial charge >= 0.3 is 5.97 Å². The predicted molar refractivity (Wildman–Crippen MR) is 59.4 cm³/mol. The highest BCUT2D eigenvalue weighted by Gasteiger charge is 2.48. The van der Waals surface area contributed by atoms with Gasteiger partial charge in [0.2, 0.25) is 0 Å². The maximum atomic E-state index is 10.2. The SMILES string of the molecule is CC1(C)OC(=CC=NCC(=O)O)OC1(C)C. The van der Waals surface area contributed by atoms with E-state index in [1.54, 1.807) is 0 Å². The number of carboxylic acid groups (broad SMARTS) is 1. The fraction of sp³-hybridized carbons (Fsp3) is 0.636. The second-order valence-electron chi connectivity index (χ2n) is 4.59. The van der Waals surface area contributed by atoms with E-state index in [0.29, 0.717) is 5.95 Å². The number of hydrogen-bond donors (Lipinski definition) is 1. The molecule has 5 nitrogen and oxygen atoms in total. The van der Waals surface area contributed by atoms with E-state index in [-0.39, 0.29) is 6.54 Å². The molecule has 0 aromatic heterocycles. The summed E-state index contributed by atoms with van der Waals surface area (Å²) in [6.45, 7) is 7.48. The van der Waals surface area contributed by atoms with Crippen LogP contribution in [0.2, 0.25) is 0 Å². The van der Waals surface area contributed by atoms with Gasteiger partial charge in [0.15, 0.2) is 0 Å². The van der Waals surface area contributed by atoms with E-state index >= 15 is 0 Å². The predicted octanol–water partition coefficient (Wildman–Crippen LogP) is 1.59. The molecule has 0 bridgehead atoms. The lowest BCUT2D eigenvalue weighted by molar-refractivity contribution is -0.135. The Morgan fingerprint density at radius 1 is 1.31 bits per heavy atom. The number of ether oxygens (including phenoxy) is 2. The Hall–Kier alpha value is -1.52. The minimum Gasteiger partial charge on any atom is -0.480 e. The molecular weight excluding hydrogens is 210 g/mol. The van der Waals surface area contributed by atoms with Crippen molar-refractivity contribution in [2.45, 2.75) is 38.9 Å². The van der Waals surface area contributed by atoms with E-state index in [1.807, 2.05) is 27.7 Å². The molecule has 0 aliphatic carbocycles. The average molecular weight is 227 g/mol. The molecule has 5 heteroatoms. The van der Waals surface area contributed by atoms with Gasteiger partial charge in [0.1, 0.15) is 17.7 Å². The number of nitrogens with zero attached hydrogens (tertiary/aromatic N) is 1. The number of carboxylic acids is 1.